The van der Waals surface area contributed by atoms with Crippen LogP contribution in [0.2, 0.25) is 0 Å². The fourth-order valence-electron chi connectivity index (χ4n) is 2.98. The number of amides is 1. The first-order chi connectivity index (χ1) is 9.24. The molecule has 0 radical (unpaired) electrons. The SMILES string of the molecule is Nc1cccc2c1CCN(C(=O)CC1CCCO1)C2. The summed E-state index contributed by atoms with van der Waals surface area (Å²) in [4.78, 5) is 14.2. The average molecular weight is 260 g/mol. The number of hydrogen-bond acceptors (Lipinski definition) is 3. The van der Waals surface area contributed by atoms with Crippen LogP contribution in [-0.2, 0) is 22.5 Å². The molecule has 3 rings (SSSR count). The van der Waals surface area contributed by atoms with Crippen LogP contribution in [0.25, 0.3) is 0 Å². The minimum absolute atomic E-state index is 0.134. The second-order valence-corrected chi connectivity index (χ2v) is 5.39. The maximum absolute atomic E-state index is 12.3. The van der Waals surface area contributed by atoms with E-state index in [1.54, 1.807) is 0 Å². The zero-order valence-electron chi connectivity index (χ0n) is 11.1. The van der Waals surface area contributed by atoms with Crippen molar-refractivity contribution >= 4 is 11.6 Å². The van der Waals surface area contributed by atoms with E-state index in [1.807, 2.05) is 17.0 Å². The number of anilines is 1. The molecule has 1 aromatic carbocycles. The summed E-state index contributed by atoms with van der Waals surface area (Å²) >= 11 is 0. The van der Waals surface area contributed by atoms with Gasteiger partial charge in [-0.25, -0.2) is 0 Å². The van der Waals surface area contributed by atoms with Gasteiger partial charge in [-0.3, -0.25) is 4.79 Å². The van der Waals surface area contributed by atoms with Crippen molar-refractivity contribution in [2.24, 2.45) is 0 Å². The van der Waals surface area contributed by atoms with E-state index in [9.17, 15) is 4.79 Å². The smallest absolute Gasteiger partial charge is 0.225 e. The summed E-state index contributed by atoms with van der Waals surface area (Å²) in [5.41, 5.74) is 9.22. The Bertz CT molecular complexity index is 481. The number of benzene rings is 1. The molecule has 0 saturated carbocycles. The minimum Gasteiger partial charge on any atom is -0.398 e. The number of carbonyl (C=O) groups excluding carboxylic acids is 1. The van der Waals surface area contributed by atoms with Gasteiger partial charge in [0.1, 0.15) is 0 Å². The highest BCUT2D eigenvalue weighted by molar-refractivity contribution is 5.77. The van der Waals surface area contributed by atoms with Gasteiger partial charge in [-0.15, -0.1) is 0 Å². The first-order valence-electron chi connectivity index (χ1n) is 6.99. The summed E-state index contributed by atoms with van der Waals surface area (Å²) in [6.07, 6.45) is 3.62. The number of ether oxygens (including phenoxy) is 1. The molecular weight excluding hydrogens is 240 g/mol. The summed E-state index contributed by atoms with van der Waals surface area (Å²) in [5, 5.41) is 0. The second-order valence-electron chi connectivity index (χ2n) is 5.39. The van der Waals surface area contributed by atoms with E-state index in [4.69, 9.17) is 10.5 Å². The van der Waals surface area contributed by atoms with E-state index in [0.29, 0.717) is 13.0 Å². The monoisotopic (exact) mass is 260 g/mol. The minimum atomic E-state index is 0.134. The Kier molecular flexibility index (Phi) is 3.42. The fourth-order valence-corrected chi connectivity index (χ4v) is 2.98. The van der Waals surface area contributed by atoms with Crippen LogP contribution in [-0.4, -0.2) is 30.1 Å². The molecule has 4 nitrogen and oxygen atoms in total. The van der Waals surface area contributed by atoms with Crippen LogP contribution in [0.5, 0.6) is 0 Å². The van der Waals surface area contributed by atoms with E-state index in [2.05, 4.69) is 6.07 Å². The number of nitrogen functional groups attached to an aromatic ring is 1. The van der Waals surface area contributed by atoms with Crippen molar-refractivity contribution in [2.75, 3.05) is 18.9 Å². The molecule has 1 unspecified atom stereocenters. The number of hydrogen-bond donors (Lipinski definition) is 1. The first-order valence-corrected chi connectivity index (χ1v) is 6.99. The van der Waals surface area contributed by atoms with E-state index in [0.717, 1.165) is 38.1 Å². The van der Waals surface area contributed by atoms with Gasteiger partial charge in [-0.05, 0) is 36.5 Å². The molecule has 4 heteroatoms. The number of nitrogens with two attached hydrogens (primary N) is 1. The van der Waals surface area contributed by atoms with E-state index < -0.39 is 0 Å². The molecule has 0 aliphatic carbocycles. The molecule has 2 heterocycles. The highest BCUT2D eigenvalue weighted by atomic mass is 16.5. The lowest BCUT2D eigenvalue weighted by Gasteiger charge is -2.30. The Morgan fingerprint density at radius 1 is 1.47 bits per heavy atom. The Morgan fingerprint density at radius 3 is 3.16 bits per heavy atom. The van der Waals surface area contributed by atoms with Crippen molar-refractivity contribution < 1.29 is 9.53 Å². The van der Waals surface area contributed by atoms with Crippen molar-refractivity contribution in [3.8, 4) is 0 Å². The lowest BCUT2D eigenvalue weighted by Crippen LogP contribution is -2.37. The molecule has 102 valence electrons. The molecular formula is C15H20N2O2. The quantitative estimate of drug-likeness (QED) is 0.824. The van der Waals surface area contributed by atoms with Gasteiger partial charge in [0.05, 0.1) is 12.5 Å². The molecule has 1 fully saturated rings. The van der Waals surface area contributed by atoms with Crippen molar-refractivity contribution in [3.05, 3.63) is 29.3 Å². The van der Waals surface area contributed by atoms with Crippen LogP contribution in [0.1, 0.15) is 30.4 Å². The van der Waals surface area contributed by atoms with Crippen LogP contribution < -0.4 is 5.73 Å². The van der Waals surface area contributed by atoms with Gasteiger partial charge in [0.2, 0.25) is 5.91 Å². The van der Waals surface area contributed by atoms with Crippen LogP contribution in [0.4, 0.5) is 5.69 Å². The van der Waals surface area contributed by atoms with Gasteiger partial charge >= 0.3 is 0 Å². The van der Waals surface area contributed by atoms with Crippen molar-refractivity contribution in [1.29, 1.82) is 0 Å². The Balaban J connectivity index is 1.66. The summed E-state index contributed by atoms with van der Waals surface area (Å²) in [5.74, 6) is 0.208. The molecule has 0 bridgehead atoms. The number of fused-ring (bicyclic) bond motifs is 1. The van der Waals surface area contributed by atoms with E-state index >= 15 is 0 Å². The maximum Gasteiger partial charge on any atom is 0.225 e. The van der Waals surface area contributed by atoms with Crippen molar-refractivity contribution in [3.63, 3.8) is 0 Å². The lowest BCUT2D eigenvalue weighted by molar-refractivity contribution is -0.134. The van der Waals surface area contributed by atoms with Gasteiger partial charge in [0.25, 0.3) is 0 Å². The molecule has 0 spiro atoms. The highest BCUT2D eigenvalue weighted by Crippen LogP contribution is 2.25. The molecule has 1 aromatic rings. The van der Waals surface area contributed by atoms with Crippen molar-refractivity contribution in [2.45, 2.75) is 38.3 Å². The topological polar surface area (TPSA) is 55.6 Å². The van der Waals surface area contributed by atoms with E-state index in [1.165, 1.54) is 11.1 Å². The molecule has 1 amide bonds. The molecule has 0 aromatic heterocycles. The maximum atomic E-state index is 12.3. The Morgan fingerprint density at radius 2 is 2.37 bits per heavy atom. The molecule has 1 atom stereocenters. The third kappa shape index (κ3) is 2.59. The van der Waals surface area contributed by atoms with Gasteiger partial charge in [0, 0.05) is 25.4 Å². The van der Waals surface area contributed by atoms with Crippen LogP contribution in [0, 0.1) is 0 Å². The Labute approximate surface area is 113 Å². The third-order valence-corrected chi connectivity index (χ3v) is 4.08. The largest absolute Gasteiger partial charge is 0.398 e. The van der Waals surface area contributed by atoms with Gasteiger partial charge in [-0.1, -0.05) is 12.1 Å². The summed E-state index contributed by atoms with van der Waals surface area (Å²) in [6, 6.07) is 5.96. The summed E-state index contributed by atoms with van der Waals surface area (Å²) in [6.45, 7) is 2.26. The predicted octanol–water partition coefficient (Wildman–Crippen LogP) is 1.72. The molecule has 2 aliphatic heterocycles. The van der Waals surface area contributed by atoms with Crippen molar-refractivity contribution in [1.82, 2.24) is 4.90 Å². The van der Waals surface area contributed by atoms with Crippen LogP contribution in [0.3, 0.4) is 0 Å². The molecule has 2 aliphatic rings. The number of rotatable bonds is 2. The average Bonchev–Trinajstić information content (AvgIpc) is 2.91. The zero-order chi connectivity index (χ0) is 13.2. The highest BCUT2D eigenvalue weighted by Gasteiger charge is 2.25. The van der Waals surface area contributed by atoms with Gasteiger partial charge in [-0.2, -0.15) is 0 Å². The number of carbonyl (C=O) groups is 1. The standard InChI is InChI=1S/C15H20N2O2/c16-14-5-1-3-11-10-17(7-6-13(11)14)15(18)9-12-4-2-8-19-12/h1,3,5,12H,2,4,6-10,16H2. The van der Waals surface area contributed by atoms with Crippen LogP contribution in [0.15, 0.2) is 18.2 Å². The van der Waals surface area contributed by atoms with Gasteiger partial charge < -0.3 is 15.4 Å². The second kappa shape index (κ2) is 5.21. The summed E-state index contributed by atoms with van der Waals surface area (Å²) in [7, 11) is 0. The molecule has 2 N–H and O–H groups in total. The number of nitrogens with zero attached hydrogens (tertiary/aromatic N) is 1. The molecule has 1 saturated heterocycles. The van der Waals surface area contributed by atoms with E-state index in [-0.39, 0.29) is 12.0 Å². The van der Waals surface area contributed by atoms with Crippen LogP contribution >= 0.6 is 0 Å². The zero-order valence-corrected chi connectivity index (χ0v) is 11.1. The first kappa shape index (κ1) is 12.5. The Hall–Kier alpha value is -1.55. The normalized spacial score (nSPS) is 22.3. The predicted molar refractivity (Wildman–Crippen MR) is 73.6 cm³/mol. The third-order valence-electron chi connectivity index (χ3n) is 4.08. The van der Waals surface area contributed by atoms with Gasteiger partial charge in [0.15, 0.2) is 0 Å². The lowest BCUT2D eigenvalue weighted by atomic mass is 9.97. The molecule has 19 heavy (non-hydrogen) atoms. The summed E-state index contributed by atoms with van der Waals surface area (Å²) < 4.78 is 5.54. The fraction of sp³-hybridized carbons (Fsp3) is 0.533.